The van der Waals surface area contributed by atoms with Gasteiger partial charge in [-0.25, -0.2) is 14.8 Å². The summed E-state index contributed by atoms with van der Waals surface area (Å²) in [5.74, 6) is -2.33. The maximum Gasteiger partial charge on any atom is 0.339 e. The quantitative estimate of drug-likeness (QED) is 0.751. The van der Waals surface area contributed by atoms with E-state index in [0.717, 1.165) is 6.42 Å². The normalized spacial score (nSPS) is 15.5. The van der Waals surface area contributed by atoms with Gasteiger partial charge in [-0.2, -0.15) is 0 Å². The lowest BCUT2D eigenvalue weighted by atomic mass is 10.2. The van der Waals surface area contributed by atoms with Crippen molar-refractivity contribution in [3.05, 3.63) is 23.8 Å². The molecular weight excluding hydrogens is 276 g/mol. The molecule has 0 aliphatic carbocycles. The topological polar surface area (TPSA) is 104 Å². The van der Waals surface area contributed by atoms with E-state index < -0.39 is 17.8 Å². The van der Waals surface area contributed by atoms with Crippen molar-refractivity contribution in [3.63, 3.8) is 0 Å². The van der Waals surface area contributed by atoms with Crippen molar-refractivity contribution < 1.29 is 19.5 Å². The first-order valence-electron chi connectivity index (χ1n) is 6.65. The molecule has 0 spiro atoms. The summed E-state index contributed by atoms with van der Waals surface area (Å²) in [5.41, 5.74) is 0.163. The third kappa shape index (κ3) is 3.15. The highest BCUT2D eigenvalue weighted by Crippen LogP contribution is 2.12. The van der Waals surface area contributed by atoms with Crippen LogP contribution >= 0.6 is 0 Å². The standard InChI is InChI=1S/C13H16N4O4/c1-2-3-16-4-5-17(12(19)11(16)18)7-10-9(13(20)21)6-14-8-15-10/h6,8H,2-5,7H2,1H3,(H,20,21). The van der Waals surface area contributed by atoms with Gasteiger partial charge in [-0.05, 0) is 6.42 Å². The zero-order valence-corrected chi connectivity index (χ0v) is 11.7. The molecule has 1 saturated heterocycles. The van der Waals surface area contributed by atoms with Gasteiger partial charge in [-0.3, -0.25) is 9.59 Å². The average molecular weight is 292 g/mol. The van der Waals surface area contributed by atoms with Crippen LogP contribution in [0, 0.1) is 0 Å². The summed E-state index contributed by atoms with van der Waals surface area (Å²) < 4.78 is 0. The van der Waals surface area contributed by atoms with Crippen LogP contribution in [0.15, 0.2) is 12.5 Å². The zero-order valence-electron chi connectivity index (χ0n) is 11.7. The minimum absolute atomic E-state index is 0.00527. The minimum Gasteiger partial charge on any atom is -0.478 e. The lowest BCUT2D eigenvalue weighted by molar-refractivity contribution is -0.156. The maximum absolute atomic E-state index is 12.0. The Balaban J connectivity index is 2.13. The highest BCUT2D eigenvalue weighted by atomic mass is 16.4. The van der Waals surface area contributed by atoms with Crippen LogP contribution in [0.1, 0.15) is 29.4 Å². The molecule has 2 rings (SSSR count). The van der Waals surface area contributed by atoms with Crippen molar-refractivity contribution in [2.45, 2.75) is 19.9 Å². The molecule has 1 N–H and O–H groups in total. The van der Waals surface area contributed by atoms with E-state index in [9.17, 15) is 14.4 Å². The predicted octanol–water partition coefficient (Wildman–Crippen LogP) is -0.244. The molecule has 0 aromatic carbocycles. The van der Waals surface area contributed by atoms with E-state index in [4.69, 9.17) is 5.11 Å². The Morgan fingerprint density at radius 2 is 1.95 bits per heavy atom. The molecule has 0 saturated carbocycles. The SMILES string of the molecule is CCCN1CCN(Cc2ncncc2C(=O)O)C(=O)C1=O. The molecule has 0 radical (unpaired) electrons. The maximum atomic E-state index is 12.0. The second kappa shape index (κ2) is 6.29. The Morgan fingerprint density at radius 3 is 2.62 bits per heavy atom. The highest BCUT2D eigenvalue weighted by molar-refractivity contribution is 6.35. The lowest BCUT2D eigenvalue weighted by Crippen LogP contribution is -2.54. The smallest absolute Gasteiger partial charge is 0.339 e. The van der Waals surface area contributed by atoms with Crippen LogP contribution in [-0.2, 0) is 16.1 Å². The number of carboxylic acid groups (broad SMARTS) is 1. The van der Waals surface area contributed by atoms with Gasteiger partial charge in [0.05, 0.1) is 12.2 Å². The van der Waals surface area contributed by atoms with Crippen LogP contribution < -0.4 is 0 Å². The van der Waals surface area contributed by atoms with Gasteiger partial charge < -0.3 is 14.9 Å². The minimum atomic E-state index is -1.16. The number of hydrogen-bond acceptors (Lipinski definition) is 5. The van der Waals surface area contributed by atoms with Gasteiger partial charge in [0.2, 0.25) is 0 Å². The fraction of sp³-hybridized carbons (Fsp3) is 0.462. The van der Waals surface area contributed by atoms with Crippen LogP contribution in [0.2, 0.25) is 0 Å². The summed E-state index contributed by atoms with van der Waals surface area (Å²) in [4.78, 5) is 45.4. The third-order valence-corrected chi connectivity index (χ3v) is 3.26. The van der Waals surface area contributed by atoms with E-state index >= 15 is 0 Å². The first-order valence-corrected chi connectivity index (χ1v) is 6.65. The number of rotatable bonds is 5. The molecule has 0 bridgehead atoms. The summed E-state index contributed by atoms with van der Waals surface area (Å²) in [7, 11) is 0. The van der Waals surface area contributed by atoms with Gasteiger partial charge in [-0.1, -0.05) is 6.92 Å². The van der Waals surface area contributed by atoms with Crippen molar-refractivity contribution >= 4 is 17.8 Å². The molecular formula is C13H16N4O4. The summed E-state index contributed by atoms with van der Waals surface area (Å²) >= 11 is 0. The van der Waals surface area contributed by atoms with Gasteiger partial charge in [0.25, 0.3) is 0 Å². The predicted molar refractivity (Wildman–Crippen MR) is 71.3 cm³/mol. The Labute approximate surface area is 121 Å². The van der Waals surface area contributed by atoms with E-state index in [1.54, 1.807) is 0 Å². The summed E-state index contributed by atoms with van der Waals surface area (Å²) in [6.07, 6.45) is 3.19. The zero-order chi connectivity index (χ0) is 15.4. The molecule has 1 fully saturated rings. The number of piperazine rings is 1. The second-order valence-electron chi connectivity index (χ2n) is 4.71. The summed E-state index contributed by atoms with van der Waals surface area (Å²) in [5, 5.41) is 9.07. The van der Waals surface area contributed by atoms with Crippen molar-refractivity contribution in [1.82, 2.24) is 19.8 Å². The van der Waals surface area contributed by atoms with Crippen molar-refractivity contribution in [3.8, 4) is 0 Å². The average Bonchev–Trinajstić information content (AvgIpc) is 2.47. The Hall–Kier alpha value is -2.51. The van der Waals surface area contributed by atoms with E-state index in [2.05, 4.69) is 9.97 Å². The molecule has 1 aromatic heterocycles. The molecule has 1 aliphatic rings. The number of carboxylic acids is 1. The number of amides is 2. The van der Waals surface area contributed by atoms with Crippen LogP contribution in [0.4, 0.5) is 0 Å². The van der Waals surface area contributed by atoms with Gasteiger partial charge in [-0.15, -0.1) is 0 Å². The highest BCUT2D eigenvalue weighted by Gasteiger charge is 2.32. The Morgan fingerprint density at radius 1 is 1.29 bits per heavy atom. The monoisotopic (exact) mass is 292 g/mol. The van der Waals surface area contributed by atoms with E-state index in [0.29, 0.717) is 19.6 Å². The molecule has 1 aliphatic heterocycles. The molecule has 8 heteroatoms. The number of nitrogens with zero attached hydrogens (tertiary/aromatic N) is 4. The largest absolute Gasteiger partial charge is 0.478 e. The van der Waals surface area contributed by atoms with Crippen LogP contribution in [-0.4, -0.2) is 62.3 Å². The Bertz CT molecular complexity index is 575. The summed E-state index contributed by atoms with van der Waals surface area (Å²) in [6, 6.07) is 0. The fourth-order valence-corrected chi connectivity index (χ4v) is 2.19. The number of carbonyl (C=O) groups excluding carboxylic acids is 2. The molecule has 8 nitrogen and oxygen atoms in total. The van der Waals surface area contributed by atoms with Crippen LogP contribution in [0.5, 0.6) is 0 Å². The summed E-state index contributed by atoms with van der Waals surface area (Å²) in [6.45, 7) is 3.30. The van der Waals surface area contributed by atoms with E-state index in [1.165, 1.54) is 22.3 Å². The molecule has 0 unspecified atom stereocenters. The van der Waals surface area contributed by atoms with Gasteiger partial charge in [0.15, 0.2) is 0 Å². The molecule has 112 valence electrons. The lowest BCUT2D eigenvalue weighted by Gasteiger charge is -2.33. The third-order valence-electron chi connectivity index (χ3n) is 3.26. The first kappa shape index (κ1) is 14.9. The fourth-order valence-electron chi connectivity index (χ4n) is 2.19. The molecule has 0 atom stereocenters. The Kier molecular flexibility index (Phi) is 4.46. The molecule has 2 heterocycles. The van der Waals surface area contributed by atoms with Crippen molar-refractivity contribution in [1.29, 1.82) is 0 Å². The van der Waals surface area contributed by atoms with Gasteiger partial charge >= 0.3 is 17.8 Å². The van der Waals surface area contributed by atoms with Gasteiger partial charge in [0.1, 0.15) is 11.9 Å². The van der Waals surface area contributed by atoms with Crippen molar-refractivity contribution in [2.75, 3.05) is 19.6 Å². The van der Waals surface area contributed by atoms with Crippen LogP contribution in [0.3, 0.4) is 0 Å². The number of aromatic nitrogens is 2. The number of carbonyl (C=O) groups is 3. The number of hydrogen-bond donors (Lipinski definition) is 1. The molecule has 2 amide bonds. The van der Waals surface area contributed by atoms with Gasteiger partial charge in [0, 0.05) is 25.8 Å². The van der Waals surface area contributed by atoms with E-state index in [-0.39, 0.29) is 17.8 Å². The second-order valence-corrected chi connectivity index (χ2v) is 4.71. The van der Waals surface area contributed by atoms with Crippen LogP contribution in [0.25, 0.3) is 0 Å². The number of aromatic carboxylic acids is 1. The van der Waals surface area contributed by atoms with Crippen molar-refractivity contribution in [2.24, 2.45) is 0 Å². The molecule has 1 aromatic rings. The molecule has 21 heavy (non-hydrogen) atoms. The first-order chi connectivity index (χ1) is 10.0. The van der Waals surface area contributed by atoms with E-state index in [1.807, 2.05) is 6.92 Å².